The van der Waals surface area contributed by atoms with E-state index in [9.17, 15) is 35.1 Å². The Hall–Kier alpha value is -3.04. The highest BCUT2D eigenvalue weighted by Gasteiger charge is 2.57. The molecule has 4 rings (SSSR count). The van der Waals surface area contributed by atoms with E-state index in [1.165, 1.54) is 26.4 Å². The maximum Gasteiger partial charge on any atom is 0.337 e. The summed E-state index contributed by atoms with van der Waals surface area (Å²) < 4.78 is 32.1. The number of esters is 2. The predicted octanol–water partition coefficient (Wildman–Crippen LogP) is -0.907. The molecule has 3 aliphatic rings. The largest absolute Gasteiger partial charge is 0.497 e. The predicted molar refractivity (Wildman–Crippen MR) is 134 cm³/mol. The highest BCUT2D eigenvalue weighted by Crippen LogP contribution is 2.47. The number of ether oxygens (including phenoxy) is 6. The van der Waals surface area contributed by atoms with Crippen LogP contribution in [-0.2, 0) is 33.3 Å². The molecule has 220 valence electrons. The minimum Gasteiger partial charge on any atom is -0.497 e. The van der Waals surface area contributed by atoms with E-state index in [0.717, 1.165) is 6.26 Å². The fraction of sp³-hybridized carbons (Fsp3) is 0.556. The molecule has 2 heterocycles. The monoisotopic (exact) mass is 566 g/mol. The third-order valence-electron chi connectivity index (χ3n) is 7.56. The van der Waals surface area contributed by atoms with Crippen molar-refractivity contribution in [3.8, 4) is 5.75 Å². The molecular formula is C27H34O13. The highest BCUT2D eigenvalue weighted by molar-refractivity contribution is 5.89. The van der Waals surface area contributed by atoms with Crippen molar-refractivity contribution < 1.29 is 63.5 Å². The van der Waals surface area contributed by atoms with Gasteiger partial charge in [-0.1, -0.05) is 19.1 Å². The van der Waals surface area contributed by atoms with Gasteiger partial charge in [0.2, 0.25) is 6.29 Å². The van der Waals surface area contributed by atoms with Gasteiger partial charge in [-0.15, -0.1) is 0 Å². The van der Waals surface area contributed by atoms with Crippen LogP contribution >= 0.6 is 0 Å². The summed E-state index contributed by atoms with van der Waals surface area (Å²) >= 11 is 0. The molecule has 1 saturated heterocycles. The summed E-state index contributed by atoms with van der Waals surface area (Å²) in [6.45, 7) is 1.16. The zero-order valence-corrected chi connectivity index (χ0v) is 22.1. The van der Waals surface area contributed by atoms with Crippen LogP contribution in [-0.4, -0.2) is 108 Å². The molecule has 0 aromatic heterocycles. The Bertz CT molecular complexity index is 1100. The van der Waals surface area contributed by atoms with Gasteiger partial charge in [0, 0.05) is 17.9 Å². The van der Waals surface area contributed by atoms with Gasteiger partial charge in [0.1, 0.15) is 36.8 Å². The topological polar surface area (TPSA) is 191 Å². The quantitative estimate of drug-likeness (QED) is 0.192. The summed E-state index contributed by atoms with van der Waals surface area (Å²) in [5.74, 6) is -3.10. The van der Waals surface area contributed by atoms with E-state index in [1.54, 1.807) is 31.2 Å². The smallest absolute Gasteiger partial charge is 0.337 e. The van der Waals surface area contributed by atoms with Crippen LogP contribution in [0.25, 0.3) is 6.08 Å². The number of aliphatic hydroxyl groups excluding tert-OH is 5. The van der Waals surface area contributed by atoms with Crippen LogP contribution in [0, 0.1) is 17.8 Å². The van der Waals surface area contributed by atoms with Crippen molar-refractivity contribution in [2.24, 2.45) is 17.8 Å². The lowest BCUT2D eigenvalue weighted by Crippen LogP contribution is -2.60. The van der Waals surface area contributed by atoms with Crippen molar-refractivity contribution >= 4 is 18.0 Å². The van der Waals surface area contributed by atoms with Crippen LogP contribution in [0.15, 0.2) is 42.2 Å². The number of aliphatic hydroxyl groups is 5. The average Bonchev–Trinajstić information content (AvgIpc) is 3.20. The Morgan fingerprint density at radius 2 is 1.62 bits per heavy atom. The lowest BCUT2D eigenvalue weighted by atomic mass is 9.82. The van der Waals surface area contributed by atoms with Crippen molar-refractivity contribution in [2.45, 2.75) is 56.1 Å². The normalized spacial score (nSPS) is 37.3. The second-order valence-electron chi connectivity index (χ2n) is 9.90. The summed E-state index contributed by atoms with van der Waals surface area (Å²) in [5, 5.41) is 52.5. The average molecular weight is 567 g/mol. The third kappa shape index (κ3) is 6.00. The number of carbonyl (C=O) groups excluding carboxylic acids is 2. The fourth-order valence-corrected chi connectivity index (χ4v) is 5.24. The van der Waals surface area contributed by atoms with E-state index in [2.05, 4.69) is 0 Å². The second-order valence-corrected chi connectivity index (χ2v) is 9.90. The minimum absolute atomic E-state index is 0.0105. The molecule has 0 bridgehead atoms. The molecule has 2 fully saturated rings. The van der Waals surface area contributed by atoms with E-state index in [1.807, 2.05) is 0 Å². The molecular weight excluding hydrogens is 532 g/mol. The maximum atomic E-state index is 12.2. The first-order chi connectivity index (χ1) is 19.1. The van der Waals surface area contributed by atoms with Crippen LogP contribution < -0.4 is 4.74 Å². The summed E-state index contributed by atoms with van der Waals surface area (Å²) in [6, 6.07) is 6.92. The van der Waals surface area contributed by atoms with Crippen LogP contribution in [0.4, 0.5) is 0 Å². The molecule has 1 aromatic carbocycles. The lowest BCUT2D eigenvalue weighted by molar-refractivity contribution is -0.343. The van der Waals surface area contributed by atoms with E-state index >= 15 is 0 Å². The number of methoxy groups -OCH3 is 2. The van der Waals surface area contributed by atoms with Gasteiger partial charge in [0.05, 0.1) is 38.3 Å². The Labute approximate surface area is 230 Å². The standard InChI is InChI=1S/C27H34O13/c1-12-18-19(22(31)20(12)29)15(25(34)36-3)10-38-26(18)40-27-24(33)23(32)21(30)16(39-27)11-37-17(28)9-6-13-4-7-14(35-2)8-5-13/h4-10,12,16,18-24,26-27,29-33H,11H2,1-3H3/t12-,16-,18-,19-,20-,21-,22+,23+,24-,26+,27+/m1/s1. The molecule has 0 amide bonds. The molecule has 0 unspecified atom stereocenters. The van der Waals surface area contributed by atoms with Crippen molar-refractivity contribution in [1.29, 1.82) is 0 Å². The van der Waals surface area contributed by atoms with Gasteiger partial charge in [-0.2, -0.15) is 0 Å². The van der Waals surface area contributed by atoms with Gasteiger partial charge in [-0.3, -0.25) is 0 Å². The molecule has 13 heteroatoms. The summed E-state index contributed by atoms with van der Waals surface area (Å²) in [6.07, 6.45) is -7.91. The molecule has 1 saturated carbocycles. The Balaban J connectivity index is 1.42. The number of carbonyl (C=O) groups is 2. The Kier molecular flexibility index (Phi) is 9.46. The summed E-state index contributed by atoms with van der Waals surface area (Å²) in [5.41, 5.74) is 0.724. The van der Waals surface area contributed by atoms with Crippen LogP contribution in [0.1, 0.15) is 12.5 Å². The van der Waals surface area contributed by atoms with Gasteiger partial charge in [0.25, 0.3) is 0 Å². The van der Waals surface area contributed by atoms with E-state index in [-0.39, 0.29) is 5.57 Å². The van der Waals surface area contributed by atoms with Crippen LogP contribution in [0.5, 0.6) is 5.75 Å². The van der Waals surface area contributed by atoms with E-state index in [0.29, 0.717) is 11.3 Å². The van der Waals surface area contributed by atoms with Crippen molar-refractivity contribution in [1.82, 2.24) is 0 Å². The second kappa shape index (κ2) is 12.6. The molecule has 11 atom stereocenters. The molecule has 0 spiro atoms. The molecule has 1 aliphatic carbocycles. The molecule has 1 aromatic rings. The van der Waals surface area contributed by atoms with Crippen molar-refractivity contribution in [3.05, 3.63) is 47.7 Å². The van der Waals surface area contributed by atoms with E-state index < -0.39 is 85.5 Å². The SMILES string of the molecule is COC(=O)C1=CO[C@@H](O[C@@H]2O[C@H](COC(=O)C=Cc3ccc(OC)cc3)[C@@H](O)[C@H](O)[C@H]2O)[C@@H]2[C@@H](C)[C@@H](O)[C@@H](O)[C@H]12. The van der Waals surface area contributed by atoms with Gasteiger partial charge >= 0.3 is 11.9 Å². The van der Waals surface area contributed by atoms with Crippen LogP contribution in [0.3, 0.4) is 0 Å². The number of rotatable bonds is 8. The first kappa shape index (κ1) is 29.9. The van der Waals surface area contributed by atoms with Gasteiger partial charge in [0.15, 0.2) is 6.29 Å². The zero-order chi connectivity index (χ0) is 29.1. The Morgan fingerprint density at radius 3 is 2.27 bits per heavy atom. The fourth-order valence-electron chi connectivity index (χ4n) is 5.24. The maximum absolute atomic E-state index is 12.2. The Morgan fingerprint density at radius 1 is 0.925 bits per heavy atom. The third-order valence-corrected chi connectivity index (χ3v) is 7.56. The van der Waals surface area contributed by atoms with Gasteiger partial charge in [-0.25, -0.2) is 9.59 Å². The summed E-state index contributed by atoms with van der Waals surface area (Å²) in [7, 11) is 2.71. The molecule has 40 heavy (non-hydrogen) atoms. The highest BCUT2D eigenvalue weighted by atomic mass is 16.8. The number of hydrogen-bond acceptors (Lipinski definition) is 13. The van der Waals surface area contributed by atoms with Gasteiger partial charge in [-0.05, 0) is 29.7 Å². The minimum atomic E-state index is -1.73. The molecule has 5 N–H and O–H groups in total. The summed E-state index contributed by atoms with van der Waals surface area (Å²) in [4.78, 5) is 24.5. The number of fused-ring (bicyclic) bond motifs is 1. The van der Waals surface area contributed by atoms with Crippen molar-refractivity contribution in [2.75, 3.05) is 20.8 Å². The van der Waals surface area contributed by atoms with Crippen LogP contribution in [0.2, 0.25) is 0 Å². The number of hydrogen-bond donors (Lipinski definition) is 5. The molecule has 13 nitrogen and oxygen atoms in total. The molecule has 2 aliphatic heterocycles. The van der Waals surface area contributed by atoms with Crippen molar-refractivity contribution in [3.63, 3.8) is 0 Å². The molecule has 0 radical (unpaired) electrons. The van der Waals surface area contributed by atoms with E-state index in [4.69, 9.17) is 28.4 Å². The van der Waals surface area contributed by atoms with Gasteiger partial charge < -0.3 is 54.0 Å². The first-order valence-electron chi connectivity index (χ1n) is 12.7. The number of benzene rings is 1. The lowest BCUT2D eigenvalue weighted by Gasteiger charge is -2.43. The zero-order valence-electron chi connectivity index (χ0n) is 22.1. The first-order valence-corrected chi connectivity index (χ1v) is 12.7.